The number of hydrogen-bond acceptors (Lipinski definition) is 4. The Labute approximate surface area is 143 Å². The number of likely N-dealkylation sites (N-methyl/N-ethyl adjacent to an activating group) is 1. The SMILES string of the molecule is CCN(CC)C(=O)CN(Cc1ccsc1)C1CC12CCNCC2. The molecule has 0 radical (unpaired) electrons. The van der Waals surface area contributed by atoms with E-state index in [9.17, 15) is 4.79 Å². The van der Waals surface area contributed by atoms with Gasteiger partial charge in [-0.15, -0.1) is 0 Å². The molecule has 0 bridgehead atoms. The lowest BCUT2D eigenvalue weighted by Gasteiger charge is -2.30. The van der Waals surface area contributed by atoms with Crippen molar-refractivity contribution in [2.75, 3.05) is 32.7 Å². The summed E-state index contributed by atoms with van der Waals surface area (Å²) < 4.78 is 0. The van der Waals surface area contributed by atoms with Crippen LogP contribution >= 0.6 is 11.3 Å². The Balaban J connectivity index is 1.68. The Hall–Kier alpha value is -0.910. The summed E-state index contributed by atoms with van der Waals surface area (Å²) in [4.78, 5) is 17.0. The molecule has 1 aliphatic heterocycles. The van der Waals surface area contributed by atoms with Crippen LogP contribution in [0.2, 0.25) is 0 Å². The monoisotopic (exact) mass is 335 g/mol. The highest BCUT2D eigenvalue weighted by atomic mass is 32.1. The molecule has 1 amide bonds. The average molecular weight is 336 g/mol. The van der Waals surface area contributed by atoms with Crippen LogP contribution < -0.4 is 5.32 Å². The summed E-state index contributed by atoms with van der Waals surface area (Å²) in [5.74, 6) is 0.279. The molecule has 4 nitrogen and oxygen atoms in total. The zero-order valence-electron chi connectivity index (χ0n) is 14.4. The average Bonchev–Trinajstić information content (AvgIpc) is 2.99. The lowest BCUT2D eigenvalue weighted by molar-refractivity contribution is -0.132. The van der Waals surface area contributed by atoms with E-state index >= 15 is 0 Å². The quantitative estimate of drug-likeness (QED) is 0.832. The molecule has 0 aromatic carbocycles. The van der Waals surface area contributed by atoms with E-state index in [4.69, 9.17) is 0 Å². The topological polar surface area (TPSA) is 35.6 Å². The van der Waals surface area contributed by atoms with E-state index in [2.05, 4.69) is 40.9 Å². The highest BCUT2D eigenvalue weighted by Gasteiger charge is 2.56. The molecule has 1 spiro atoms. The van der Waals surface area contributed by atoms with Crippen LogP contribution in [0.3, 0.4) is 0 Å². The lowest BCUT2D eigenvalue weighted by Crippen LogP contribution is -2.43. The number of thiophene rings is 1. The van der Waals surface area contributed by atoms with Gasteiger partial charge >= 0.3 is 0 Å². The summed E-state index contributed by atoms with van der Waals surface area (Å²) >= 11 is 1.74. The molecule has 1 saturated heterocycles. The molecule has 23 heavy (non-hydrogen) atoms. The van der Waals surface area contributed by atoms with Crippen molar-refractivity contribution in [1.29, 1.82) is 0 Å². The van der Waals surface area contributed by atoms with Gasteiger partial charge in [0.25, 0.3) is 0 Å². The molecule has 1 aromatic heterocycles. The summed E-state index contributed by atoms with van der Waals surface area (Å²) in [6.07, 6.45) is 3.79. The second kappa shape index (κ2) is 7.32. The van der Waals surface area contributed by atoms with E-state index in [1.54, 1.807) is 11.3 Å². The highest BCUT2D eigenvalue weighted by Crippen LogP contribution is 2.56. The Kier molecular flexibility index (Phi) is 5.39. The molecule has 128 valence electrons. The van der Waals surface area contributed by atoms with Crippen molar-refractivity contribution >= 4 is 17.2 Å². The minimum absolute atomic E-state index is 0.279. The van der Waals surface area contributed by atoms with Gasteiger partial charge in [-0.1, -0.05) is 0 Å². The number of amides is 1. The molecular formula is C18H29N3OS. The third-order valence-electron chi connectivity index (χ3n) is 5.61. The van der Waals surface area contributed by atoms with Gasteiger partial charge in [0.15, 0.2) is 0 Å². The predicted molar refractivity (Wildman–Crippen MR) is 95.6 cm³/mol. The second-order valence-corrected chi connectivity index (χ2v) is 7.71. The van der Waals surface area contributed by atoms with E-state index in [1.807, 2.05) is 4.90 Å². The van der Waals surface area contributed by atoms with Crippen molar-refractivity contribution in [2.24, 2.45) is 5.41 Å². The zero-order chi connectivity index (χ0) is 16.3. The molecule has 1 unspecified atom stereocenters. The first kappa shape index (κ1) is 16.9. The maximum absolute atomic E-state index is 12.6. The van der Waals surface area contributed by atoms with E-state index < -0.39 is 0 Å². The van der Waals surface area contributed by atoms with Gasteiger partial charge in [-0.3, -0.25) is 9.69 Å². The fraction of sp³-hybridized carbons (Fsp3) is 0.722. The maximum Gasteiger partial charge on any atom is 0.236 e. The Bertz CT molecular complexity index is 506. The summed E-state index contributed by atoms with van der Waals surface area (Å²) in [5.41, 5.74) is 1.82. The Morgan fingerprint density at radius 3 is 2.70 bits per heavy atom. The van der Waals surface area contributed by atoms with Gasteiger partial charge in [0.2, 0.25) is 5.91 Å². The summed E-state index contributed by atoms with van der Waals surface area (Å²) in [5, 5.41) is 7.82. The summed E-state index contributed by atoms with van der Waals surface area (Å²) in [6.45, 7) is 9.49. The minimum Gasteiger partial charge on any atom is -0.342 e. The number of piperidine rings is 1. The molecule has 5 heteroatoms. The zero-order valence-corrected chi connectivity index (χ0v) is 15.2. The van der Waals surface area contributed by atoms with Crippen LogP contribution in [0.4, 0.5) is 0 Å². The van der Waals surface area contributed by atoms with Crippen molar-refractivity contribution in [2.45, 2.75) is 45.7 Å². The molecule has 1 aliphatic carbocycles. The molecule has 1 N–H and O–H groups in total. The van der Waals surface area contributed by atoms with E-state index in [0.29, 0.717) is 18.0 Å². The number of carbonyl (C=O) groups is 1. The molecule has 1 aromatic rings. The first-order chi connectivity index (χ1) is 11.2. The lowest BCUT2D eigenvalue weighted by atomic mass is 9.93. The number of carbonyl (C=O) groups excluding carboxylic acids is 1. The molecule has 3 rings (SSSR count). The normalized spacial score (nSPS) is 22.5. The van der Waals surface area contributed by atoms with Crippen LogP contribution in [0.15, 0.2) is 16.8 Å². The van der Waals surface area contributed by atoms with Gasteiger partial charge in [-0.25, -0.2) is 0 Å². The predicted octanol–water partition coefficient (Wildman–Crippen LogP) is 2.56. The Morgan fingerprint density at radius 2 is 2.09 bits per heavy atom. The summed E-state index contributed by atoms with van der Waals surface area (Å²) in [6, 6.07) is 2.78. The van der Waals surface area contributed by atoms with Crippen LogP contribution in [0, 0.1) is 5.41 Å². The molecule has 2 aliphatic rings. The fourth-order valence-corrected chi connectivity index (χ4v) is 4.71. The van der Waals surface area contributed by atoms with Crippen LogP contribution in [0.5, 0.6) is 0 Å². The van der Waals surface area contributed by atoms with Gasteiger partial charge in [0, 0.05) is 25.7 Å². The molecule has 1 saturated carbocycles. The van der Waals surface area contributed by atoms with Crippen molar-refractivity contribution in [1.82, 2.24) is 15.1 Å². The largest absolute Gasteiger partial charge is 0.342 e. The van der Waals surface area contributed by atoms with E-state index in [1.165, 1.54) is 24.8 Å². The molecule has 2 heterocycles. The van der Waals surface area contributed by atoms with Crippen LogP contribution in [-0.2, 0) is 11.3 Å². The van der Waals surface area contributed by atoms with Gasteiger partial charge in [-0.2, -0.15) is 11.3 Å². The fourth-order valence-electron chi connectivity index (χ4n) is 4.05. The first-order valence-electron chi connectivity index (χ1n) is 8.92. The minimum atomic E-state index is 0.279. The number of rotatable bonds is 7. The maximum atomic E-state index is 12.6. The first-order valence-corrected chi connectivity index (χ1v) is 9.86. The van der Waals surface area contributed by atoms with Gasteiger partial charge in [0.05, 0.1) is 6.54 Å². The van der Waals surface area contributed by atoms with Gasteiger partial charge < -0.3 is 10.2 Å². The van der Waals surface area contributed by atoms with E-state index in [-0.39, 0.29) is 5.91 Å². The summed E-state index contributed by atoms with van der Waals surface area (Å²) in [7, 11) is 0. The third-order valence-corrected chi connectivity index (χ3v) is 6.34. The van der Waals surface area contributed by atoms with Crippen LogP contribution in [0.1, 0.15) is 38.7 Å². The standard InChI is InChI=1S/C18H29N3OS/c1-3-20(4-2)17(22)13-21(12-15-5-10-23-14-15)16-11-18(16)6-8-19-9-7-18/h5,10,14,16,19H,3-4,6-9,11-13H2,1-2H3. The van der Waals surface area contributed by atoms with Crippen molar-refractivity contribution in [3.63, 3.8) is 0 Å². The molecule has 2 fully saturated rings. The van der Waals surface area contributed by atoms with Crippen molar-refractivity contribution < 1.29 is 4.79 Å². The smallest absolute Gasteiger partial charge is 0.236 e. The third kappa shape index (κ3) is 3.78. The van der Waals surface area contributed by atoms with Gasteiger partial charge in [-0.05, 0) is 74.0 Å². The van der Waals surface area contributed by atoms with Crippen molar-refractivity contribution in [3.05, 3.63) is 22.4 Å². The number of hydrogen-bond donors (Lipinski definition) is 1. The second-order valence-electron chi connectivity index (χ2n) is 6.93. The van der Waals surface area contributed by atoms with Crippen molar-refractivity contribution in [3.8, 4) is 0 Å². The number of nitrogens with one attached hydrogen (secondary N) is 1. The van der Waals surface area contributed by atoms with E-state index in [0.717, 1.165) is 32.7 Å². The number of nitrogens with zero attached hydrogens (tertiary/aromatic N) is 2. The Morgan fingerprint density at radius 1 is 1.35 bits per heavy atom. The molecular weight excluding hydrogens is 306 g/mol. The molecule has 1 atom stereocenters. The van der Waals surface area contributed by atoms with Crippen LogP contribution in [0.25, 0.3) is 0 Å². The highest BCUT2D eigenvalue weighted by molar-refractivity contribution is 7.07. The van der Waals surface area contributed by atoms with Crippen LogP contribution in [-0.4, -0.2) is 54.5 Å². The van der Waals surface area contributed by atoms with Gasteiger partial charge in [0.1, 0.15) is 0 Å².